The molecule has 2 fully saturated rings. The zero-order valence-corrected chi connectivity index (χ0v) is 19.3. The highest BCUT2D eigenvalue weighted by Gasteiger charge is 2.43. The van der Waals surface area contributed by atoms with Gasteiger partial charge in [-0.25, -0.2) is 0 Å². The summed E-state index contributed by atoms with van der Waals surface area (Å²) in [5, 5.41) is 0. The van der Waals surface area contributed by atoms with Gasteiger partial charge in [-0.3, -0.25) is 14.4 Å². The predicted molar refractivity (Wildman–Crippen MR) is 119 cm³/mol. The van der Waals surface area contributed by atoms with E-state index in [4.69, 9.17) is 9.47 Å². The molecule has 1 aromatic carbocycles. The Hall–Kier alpha value is -2.77. The van der Waals surface area contributed by atoms with Gasteiger partial charge in [-0.05, 0) is 50.8 Å². The number of likely N-dealkylation sites (tertiary alicyclic amines) is 2. The molecular weight excluding hydrogens is 410 g/mol. The van der Waals surface area contributed by atoms with Crippen LogP contribution < -0.4 is 9.47 Å². The normalized spacial score (nSPS) is 26.3. The van der Waals surface area contributed by atoms with Gasteiger partial charge < -0.3 is 24.2 Å². The lowest BCUT2D eigenvalue weighted by molar-refractivity contribution is -0.135. The number of carbonyl (C=O) groups is 3. The fourth-order valence-electron chi connectivity index (χ4n) is 5.01. The third-order valence-electron chi connectivity index (χ3n) is 7.08. The minimum Gasteiger partial charge on any atom is -0.497 e. The monoisotopic (exact) mass is 443 g/mol. The summed E-state index contributed by atoms with van der Waals surface area (Å²) in [6, 6.07) is 5.37. The topological polar surface area (TPSA) is 79.4 Å². The third-order valence-corrected chi connectivity index (χ3v) is 7.08. The molecule has 3 aliphatic heterocycles. The molecule has 3 amide bonds. The van der Waals surface area contributed by atoms with Gasteiger partial charge in [0.25, 0.3) is 5.91 Å². The lowest BCUT2D eigenvalue weighted by Crippen LogP contribution is -2.52. The van der Waals surface area contributed by atoms with Crippen LogP contribution in [0.15, 0.2) is 18.2 Å². The highest BCUT2D eigenvalue weighted by molar-refractivity contribution is 5.99. The second kappa shape index (κ2) is 9.00. The van der Waals surface area contributed by atoms with Crippen molar-refractivity contribution in [2.75, 3.05) is 40.3 Å². The molecule has 0 saturated carbocycles. The molecule has 1 aromatic rings. The fraction of sp³-hybridized carbons (Fsp3) is 0.625. The van der Waals surface area contributed by atoms with Crippen LogP contribution in [0.1, 0.15) is 55.8 Å². The molecule has 32 heavy (non-hydrogen) atoms. The lowest BCUT2D eigenvalue weighted by Gasteiger charge is -2.37. The number of benzene rings is 1. The molecule has 4 rings (SSSR count). The van der Waals surface area contributed by atoms with Crippen LogP contribution in [0.3, 0.4) is 0 Å². The summed E-state index contributed by atoms with van der Waals surface area (Å²) in [6.07, 6.45) is 4.55. The smallest absolute Gasteiger partial charge is 0.258 e. The van der Waals surface area contributed by atoms with Crippen LogP contribution in [0, 0.1) is 0 Å². The van der Waals surface area contributed by atoms with E-state index in [1.807, 2.05) is 4.90 Å². The van der Waals surface area contributed by atoms with Crippen LogP contribution in [0.2, 0.25) is 0 Å². The van der Waals surface area contributed by atoms with Gasteiger partial charge in [0.2, 0.25) is 11.8 Å². The zero-order valence-electron chi connectivity index (χ0n) is 19.3. The fourth-order valence-corrected chi connectivity index (χ4v) is 5.01. The van der Waals surface area contributed by atoms with Crippen LogP contribution >= 0.6 is 0 Å². The van der Waals surface area contributed by atoms with Gasteiger partial charge in [0.15, 0.2) is 0 Å². The van der Waals surface area contributed by atoms with Gasteiger partial charge in [0, 0.05) is 39.0 Å². The second-order valence-corrected chi connectivity index (χ2v) is 9.31. The van der Waals surface area contributed by atoms with Gasteiger partial charge in [-0.2, -0.15) is 0 Å². The quantitative estimate of drug-likeness (QED) is 0.716. The van der Waals surface area contributed by atoms with E-state index in [0.29, 0.717) is 42.9 Å². The first-order chi connectivity index (χ1) is 15.3. The van der Waals surface area contributed by atoms with Gasteiger partial charge in [-0.1, -0.05) is 0 Å². The summed E-state index contributed by atoms with van der Waals surface area (Å²) in [5.41, 5.74) is -0.325. The standard InChI is InChI=1S/C24H33N3O5/c1-17-6-4-5-12-27(17)22(29)15-26-16-24(10-9-21(28)25(2)13-11-24)32-20-8-7-18(31-3)14-19(20)23(26)30/h7-8,14,17H,4-6,9-13,15-16H2,1-3H3. The Bertz CT molecular complexity index is 904. The largest absolute Gasteiger partial charge is 0.497 e. The number of methoxy groups -OCH3 is 1. The highest BCUT2D eigenvalue weighted by atomic mass is 16.5. The number of fused-ring (bicyclic) bond motifs is 1. The molecule has 0 radical (unpaired) electrons. The van der Waals surface area contributed by atoms with Crippen molar-refractivity contribution in [1.29, 1.82) is 0 Å². The Kier molecular flexibility index (Phi) is 6.31. The van der Waals surface area contributed by atoms with Gasteiger partial charge in [0.1, 0.15) is 23.6 Å². The minimum absolute atomic E-state index is 0.00865. The maximum atomic E-state index is 13.6. The molecule has 0 aromatic heterocycles. The molecule has 2 atom stereocenters. The Balaban J connectivity index is 1.67. The van der Waals surface area contributed by atoms with E-state index >= 15 is 0 Å². The van der Waals surface area contributed by atoms with Crippen LogP contribution in [0.5, 0.6) is 11.5 Å². The van der Waals surface area contributed by atoms with Crippen molar-refractivity contribution in [3.05, 3.63) is 23.8 Å². The molecule has 0 aliphatic carbocycles. The molecule has 1 spiro atoms. The number of carbonyl (C=O) groups excluding carboxylic acids is 3. The highest BCUT2D eigenvalue weighted by Crippen LogP contribution is 2.37. The number of nitrogens with zero attached hydrogens (tertiary/aromatic N) is 3. The molecule has 3 aliphatic rings. The first kappa shape index (κ1) is 22.4. The van der Waals surface area contributed by atoms with E-state index in [9.17, 15) is 14.4 Å². The predicted octanol–water partition coefficient (Wildman–Crippen LogP) is 2.31. The minimum atomic E-state index is -0.719. The summed E-state index contributed by atoms with van der Waals surface area (Å²) in [7, 11) is 3.35. The summed E-state index contributed by atoms with van der Waals surface area (Å²) in [5.74, 6) is 0.838. The molecular formula is C24H33N3O5. The molecule has 8 nitrogen and oxygen atoms in total. The summed E-state index contributed by atoms with van der Waals surface area (Å²) in [6.45, 7) is 3.63. The SMILES string of the molecule is COc1ccc2c(c1)C(=O)N(CC(=O)N1CCCCC1C)CC1(CCC(=O)N(C)CC1)O2. The zero-order chi connectivity index (χ0) is 22.9. The van der Waals surface area contributed by atoms with Gasteiger partial charge in [-0.15, -0.1) is 0 Å². The molecule has 174 valence electrons. The number of hydrogen-bond donors (Lipinski definition) is 0. The molecule has 0 N–H and O–H groups in total. The van der Waals surface area contributed by atoms with E-state index in [1.165, 1.54) is 0 Å². The maximum Gasteiger partial charge on any atom is 0.258 e. The number of amides is 3. The number of piperidine rings is 1. The lowest BCUT2D eigenvalue weighted by atomic mass is 9.93. The number of hydrogen-bond acceptors (Lipinski definition) is 5. The van der Waals surface area contributed by atoms with Crippen molar-refractivity contribution in [3.63, 3.8) is 0 Å². The number of rotatable bonds is 3. The molecule has 3 heterocycles. The van der Waals surface area contributed by atoms with Crippen molar-refractivity contribution in [2.24, 2.45) is 0 Å². The van der Waals surface area contributed by atoms with Crippen LogP contribution in [0.4, 0.5) is 0 Å². The second-order valence-electron chi connectivity index (χ2n) is 9.31. The Morgan fingerprint density at radius 1 is 1.22 bits per heavy atom. The molecule has 8 heteroatoms. The van der Waals surface area contributed by atoms with E-state index in [-0.39, 0.29) is 36.9 Å². The van der Waals surface area contributed by atoms with Crippen molar-refractivity contribution in [1.82, 2.24) is 14.7 Å². The number of ether oxygens (including phenoxy) is 2. The van der Waals surface area contributed by atoms with Crippen molar-refractivity contribution < 1.29 is 23.9 Å². The first-order valence-corrected chi connectivity index (χ1v) is 11.5. The first-order valence-electron chi connectivity index (χ1n) is 11.5. The summed E-state index contributed by atoms with van der Waals surface area (Å²) < 4.78 is 11.8. The third kappa shape index (κ3) is 4.40. The average Bonchev–Trinajstić information content (AvgIpc) is 2.99. The van der Waals surface area contributed by atoms with Gasteiger partial charge in [0.05, 0.1) is 19.2 Å². The summed E-state index contributed by atoms with van der Waals surface area (Å²) >= 11 is 0. The van der Waals surface area contributed by atoms with E-state index in [0.717, 1.165) is 25.8 Å². The summed E-state index contributed by atoms with van der Waals surface area (Å²) in [4.78, 5) is 44.4. The Morgan fingerprint density at radius 2 is 2.03 bits per heavy atom. The van der Waals surface area contributed by atoms with E-state index in [2.05, 4.69) is 6.92 Å². The van der Waals surface area contributed by atoms with Crippen LogP contribution in [0.25, 0.3) is 0 Å². The van der Waals surface area contributed by atoms with Crippen LogP contribution in [-0.2, 0) is 9.59 Å². The molecule has 0 bridgehead atoms. The van der Waals surface area contributed by atoms with E-state index in [1.54, 1.807) is 42.2 Å². The van der Waals surface area contributed by atoms with Crippen molar-refractivity contribution in [2.45, 2.75) is 57.1 Å². The maximum absolute atomic E-state index is 13.6. The van der Waals surface area contributed by atoms with Gasteiger partial charge >= 0.3 is 0 Å². The molecule has 2 saturated heterocycles. The average molecular weight is 444 g/mol. The Morgan fingerprint density at radius 3 is 2.78 bits per heavy atom. The Labute approximate surface area is 189 Å². The van der Waals surface area contributed by atoms with Crippen molar-refractivity contribution in [3.8, 4) is 11.5 Å². The van der Waals surface area contributed by atoms with Crippen molar-refractivity contribution >= 4 is 17.7 Å². The van der Waals surface area contributed by atoms with E-state index < -0.39 is 5.60 Å². The van der Waals surface area contributed by atoms with Crippen LogP contribution in [-0.4, -0.2) is 84.4 Å². The molecule has 2 unspecified atom stereocenters.